The monoisotopic (exact) mass is 175 g/mol. The molecule has 0 fully saturated rings. The van der Waals surface area contributed by atoms with Gasteiger partial charge in [-0.25, -0.2) is 4.79 Å². The van der Waals surface area contributed by atoms with Crippen LogP contribution in [-0.2, 0) is 14.3 Å². The molecule has 1 amide bonds. The van der Waals surface area contributed by atoms with Crippen molar-refractivity contribution in [2.24, 2.45) is 0 Å². The fraction of sp³-hybridized carbons (Fsp3) is 0.714. The average molecular weight is 175 g/mol. The summed E-state index contributed by atoms with van der Waals surface area (Å²) in [6.07, 6.45) is 0.852. The van der Waals surface area contributed by atoms with Crippen LogP contribution in [0.25, 0.3) is 0 Å². The zero-order chi connectivity index (χ0) is 9.40. The number of aliphatic carboxylic acids is 1. The predicted octanol–water partition coefficient (Wildman–Crippen LogP) is -0.386. The van der Waals surface area contributed by atoms with Gasteiger partial charge >= 0.3 is 5.97 Å². The third kappa shape index (κ3) is 7.01. The van der Waals surface area contributed by atoms with E-state index in [-0.39, 0.29) is 12.5 Å². The van der Waals surface area contributed by atoms with Gasteiger partial charge in [0.25, 0.3) is 0 Å². The van der Waals surface area contributed by atoms with Gasteiger partial charge in [-0.1, -0.05) is 6.92 Å². The van der Waals surface area contributed by atoms with E-state index in [9.17, 15) is 9.59 Å². The molecule has 0 aromatic carbocycles. The maximum absolute atomic E-state index is 10.8. The van der Waals surface area contributed by atoms with E-state index in [0.29, 0.717) is 6.54 Å². The van der Waals surface area contributed by atoms with Crippen molar-refractivity contribution in [1.29, 1.82) is 0 Å². The number of hydrogen-bond acceptors (Lipinski definition) is 3. The van der Waals surface area contributed by atoms with E-state index >= 15 is 0 Å². The van der Waals surface area contributed by atoms with Crippen molar-refractivity contribution in [2.45, 2.75) is 13.3 Å². The summed E-state index contributed by atoms with van der Waals surface area (Å²) in [6.45, 7) is 1.90. The first-order valence-corrected chi connectivity index (χ1v) is 3.73. The Morgan fingerprint density at radius 3 is 2.58 bits per heavy atom. The molecule has 0 heterocycles. The lowest BCUT2D eigenvalue weighted by molar-refractivity contribution is -0.143. The largest absolute Gasteiger partial charge is 0.480 e. The lowest BCUT2D eigenvalue weighted by Gasteiger charge is -2.02. The molecule has 0 rings (SSSR count). The molecule has 0 spiro atoms. The molecule has 0 saturated heterocycles. The SMILES string of the molecule is CCCNC(=O)COCC(=O)O. The van der Waals surface area contributed by atoms with Gasteiger partial charge in [-0.15, -0.1) is 0 Å². The summed E-state index contributed by atoms with van der Waals surface area (Å²) < 4.78 is 4.54. The molecule has 0 aliphatic rings. The first-order chi connectivity index (χ1) is 5.66. The maximum atomic E-state index is 10.8. The molecule has 0 aliphatic heterocycles. The number of carboxylic acid groups (broad SMARTS) is 1. The summed E-state index contributed by atoms with van der Waals surface area (Å²) in [5, 5.41) is 10.7. The van der Waals surface area contributed by atoms with E-state index in [1.165, 1.54) is 0 Å². The summed E-state index contributed by atoms with van der Waals surface area (Å²) in [5.74, 6) is -1.35. The number of hydrogen-bond donors (Lipinski definition) is 2. The molecule has 70 valence electrons. The lowest BCUT2D eigenvalue weighted by Crippen LogP contribution is -2.29. The van der Waals surface area contributed by atoms with E-state index in [2.05, 4.69) is 10.1 Å². The quantitative estimate of drug-likeness (QED) is 0.576. The second-order valence-electron chi connectivity index (χ2n) is 2.24. The molecule has 2 N–H and O–H groups in total. The number of rotatable bonds is 6. The van der Waals surface area contributed by atoms with E-state index in [0.717, 1.165) is 6.42 Å². The minimum absolute atomic E-state index is 0.188. The average Bonchev–Trinajstić information content (AvgIpc) is 2.00. The molecule has 5 nitrogen and oxygen atoms in total. The van der Waals surface area contributed by atoms with Gasteiger partial charge in [0.2, 0.25) is 5.91 Å². The van der Waals surface area contributed by atoms with E-state index < -0.39 is 12.6 Å². The Hall–Kier alpha value is -1.10. The molecule has 0 bridgehead atoms. The molecular formula is C7H13NO4. The highest BCUT2D eigenvalue weighted by Gasteiger charge is 2.01. The zero-order valence-electron chi connectivity index (χ0n) is 7.00. The summed E-state index contributed by atoms with van der Waals surface area (Å²) >= 11 is 0. The summed E-state index contributed by atoms with van der Waals surface area (Å²) in [7, 11) is 0. The van der Waals surface area contributed by atoms with Crippen molar-refractivity contribution in [2.75, 3.05) is 19.8 Å². The van der Waals surface area contributed by atoms with Crippen molar-refractivity contribution in [3.63, 3.8) is 0 Å². The van der Waals surface area contributed by atoms with Crippen LogP contribution >= 0.6 is 0 Å². The van der Waals surface area contributed by atoms with Crippen LogP contribution in [-0.4, -0.2) is 36.7 Å². The second-order valence-corrected chi connectivity index (χ2v) is 2.24. The standard InChI is InChI=1S/C7H13NO4/c1-2-3-8-6(9)4-12-5-7(10)11/h2-5H2,1H3,(H,8,9)(H,10,11). The molecule has 0 saturated carbocycles. The van der Waals surface area contributed by atoms with Crippen LogP contribution in [0.3, 0.4) is 0 Å². The summed E-state index contributed by atoms with van der Waals surface area (Å²) in [6, 6.07) is 0. The van der Waals surface area contributed by atoms with Gasteiger partial charge in [-0.3, -0.25) is 4.79 Å². The minimum Gasteiger partial charge on any atom is -0.480 e. The Bertz CT molecular complexity index is 157. The normalized spacial score (nSPS) is 9.42. The summed E-state index contributed by atoms with van der Waals surface area (Å²) in [4.78, 5) is 20.7. The van der Waals surface area contributed by atoms with E-state index in [4.69, 9.17) is 5.11 Å². The highest BCUT2D eigenvalue weighted by molar-refractivity contribution is 5.77. The van der Waals surface area contributed by atoms with Crippen LogP contribution in [0.4, 0.5) is 0 Å². The van der Waals surface area contributed by atoms with Crippen LogP contribution in [0.15, 0.2) is 0 Å². The number of carbonyl (C=O) groups is 2. The van der Waals surface area contributed by atoms with Gasteiger partial charge in [0.15, 0.2) is 0 Å². The van der Waals surface area contributed by atoms with Gasteiger partial charge < -0.3 is 15.2 Å². The number of nitrogens with one attached hydrogen (secondary N) is 1. The third-order valence-electron chi connectivity index (χ3n) is 1.03. The molecule has 0 unspecified atom stereocenters. The number of amides is 1. The Morgan fingerprint density at radius 2 is 2.08 bits per heavy atom. The molecule has 0 aromatic heterocycles. The number of ether oxygens (including phenoxy) is 1. The second kappa shape index (κ2) is 6.60. The molecule has 0 radical (unpaired) electrons. The minimum atomic E-state index is -1.07. The zero-order valence-corrected chi connectivity index (χ0v) is 7.00. The topological polar surface area (TPSA) is 75.6 Å². The molecule has 0 aliphatic carbocycles. The van der Waals surface area contributed by atoms with Gasteiger partial charge in [-0.2, -0.15) is 0 Å². The first-order valence-electron chi connectivity index (χ1n) is 3.73. The summed E-state index contributed by atoms with van der Waals surface area (Å²) in [5.41, 5.74) is 0. The highest BCUT2D eigenvalue weighted by Crippen LogP contribution is 1.76. The van der Waals surface area contributed by atoms with E-state index in [1.807, 2.05) is 6.92 Å². The lowest BCUT2D eigenvalue weighted by atomic mass is 10.5. The molecular weight excluding hydrogens is 162 g/mol. The molecule has 0 aromatic rings. The van der Waals surface area contributed by atoms with Crippen molar-refractivity contribution in [3.8, 4) is 0 Å². The molecule has 0 atom stereocenters. The van der Waals surface area contributed by atoms with Crippen molar-refractivity contribution in [1.82, 2.24) is 5.32 Å². The van der Waals surface area contributed by atoms with Crippen LogP contribution in [0.1, 0.15) is 13.3 Å². The fourth-order valence-corrected chi connectivity index (χ4v) is 0.546. The fourth-order valence-electron chi connectivity index (χ4n) is 0.546. The number of carboxylic acids is 1. The van der Waals surface area contributed by atoms with Crippen LogP contribution in [0.2, 0.25) is 0 Å². The van der Waals surface area contributed by atoms with Crippen LogP contribution in [0.5, 0.6) is 0 Å². The number of carbonyl (C=O) groups excluding carboxylic acids is 1. The molecule has 5 heteroatoms. The molecule has 12 heavy (non-hydrogen) atoms. The Balaban J connectivity index is 3.25. The Labute approximate surface area is 70.7 Å². The Kier molecular flexibility index (Phi) is 6.00. The van der Waals surface area contributed by atoms with Gasteiger partial charge in [-0.05, 0) is 6.42 Å². The van der Waals surface area contributed by atoms with Crippen molar-refractivity contribution < 1.29 is 19.4 Å². The predicted molar refractivity (Wildman–Crippen MR) is 41.8 cm³/mol. The highest BCUT2D eigenvalue weighted by atomic mass is 16.5. The van der Waals surface area contributed by atoms with E-state index in [1.54, 1.807) is 0 Å². The van der Waals surface area contributed by atoms with Gasteiger partial charge in [0, 0.05) is 6.54 Å². The van der Waals surface area contributed by atoms with Gasteiger partial charge in [0.05, 0.1) is 0 Å². The van der Waals surface area contributed by atoms with Crippen LogP contribution in [0, 0.1) is 0 Å². The van der Waals surface area contributed by atoms with Crippen molar-refractivity contribution >= 4 is 11.9 Å². The smallest absolute Gasteiger partial charge is 0.329 e. The van der Waals surface area contributed by atoms with Gasteiger partial charge in [0.1, 0.15) is 13.2 Å². The first kappa shape index (κ1) is 10.9. The van der Waals surface area contributed by atoms with Crippen molar-refractivity contribution in [3.05, 3.63) is 0 Å². The Morgan fingerprint density at radius 1 is 1.42 bits per heavy atom. The maximum Gasteiger partial charge on any atom is 0.329 e. The third-order valence-corrected chi connectivity index (χ3v) is 1.03. The van der Waals surface area contributed by atoms with Crippen LogP contribution < -0.4 is 5.32 Å².